The van der Waals surface area contributed by atoms with Gasteiger partial charge in [-0.2, -0.15) is 0 Å². The first-order valence-electron chi connectivity index (χ1n) is 2.55. The lowest BCUT2D eigenvalue weighted by Crippen LogP contribution is -2.04. The molecule has 0 unspecified atom stereocenters. The molecular weight excluding hydrogens is 86.1 g/mol. The first-order valence-corrected chi connectivity index (χ1v) is 2.55. The molecule has 0 aliphatic heterocycles. The summed E-state index contributed by atoms with van der Waals surface area (Å²) in [4.78, 5) is 0. The molecule has 0 atom stereocenters. The lowest BCUT2D eigenvalue weighted by atomic mass is 10.3. The Kier molecular flexibility index (Phi) is 5.18. The largest absolute Gasteiger partial charge is 0.391 e. The van der Waals surface area contributed by atoms with Crippen LogP contribution in [0.4, 0.5) is 0 Å². The molecule has 0 fully saturated rings. The molecular formula is C6H12N. The van der Waals surface area contributed by atoms with Crippen LogP contribution < -0.4 is 5.32 Å². The van der Waals surface area contributed by atoms with Gasteiger partial charge in [0, 0.05) is 6.54 Å². The Bertz CT molecular complexity index is 41.4. The minimum atomic E-state index is 1.00. The quantitative estimate of drug-likeness (QED) is 0.523. The van der Waals surface area contributed by atoms with Crippen LogP contribution in [-0.4, -0.2) is 6.54 Å². The van der Waals surface area contributed by atoms with Crippen molar-refractivity contribution >= 4 is 0 Å². The summed E-state index contributed by atoms with van der Waals surface area (Å²) in [5.74, 6) is 0. The molecule has 0 aliphatic rings. The predicted molar refractivity (Wildman–Crippen MR) is 32.8 cm³/mol. The second-order valence-electron chi connectivity index (χ2n) is 1.37. The van der Waals surface area contributed by atoms with Crippen molar-refractivity contribution in [1.29, 1.82) is 0 Å². The molecule has 0 saturated carbocycles. The van der Waals surface area contributed by atoms with Gasteiger partial charge in [-0.25, -0.2) is 0 Å². The fraction of sp³-hybridized carbons (Fsp3) is 0.500. The second-order valence-corrected chi connectivity index (χ2v) is 1.37. The first kappa shape index (κ1) is 6.54. The zero-order valence-corrected chi connectivity index (χ0v) is 4.61. The number of rotatable bonds is 4. The summed E-state index contributed by atoms with van der Waals surface area (Å²) in [6, 6.07) is 0. The van der Waals surface area contributed by atoms with Gasteiger partial charge in [-0.3, -0.25) is 0 Å². The Morgan fingerprint density at radius 1 is 1.57 bits per heavy atom. The molecule has 0 bridgehead atoms. The highest BCUT2D eigenvalue weighted by atomic mass is 14.8. The summed E-state index contributed by atoms with van der Waals surface area (Å²) in [7, 11) is 0. The molecule has 1 radical (unpaired) electrons. The van der Waals surface area contributed by atoms with Gasteiger partial charge in [-0.1, -0.05) is 19.9 Å². The Hall–Kier alpha value is -0.460. The smallest absolute Gasteiger partial charge is 0.0141 e. The Morgan fingerprint density at radius 2 is 2.29 bits per heavy atom. The third kappa shape index (κ3) is 5.54. The van der Waals surface area contributed by atoms with Crippen molar-refractivity contribution in [1.82, 2.24) is 5.32 Å². The molecule has 0 aromatic rings. The normalized spacial score (nSPS) is 8.14. The summed E-state index contributed by atoms with van der Waals surface area (Å²) in [6.07, 6.45) is 3.84. The summed E-state index contributed by atoms with van der Waals surface area (Å²) in [5.41, 5.74) is 0. The number of unbranched alkanes of at least 4 members (excludes halogenated alkanes) is 1. The average molecular weight is 98.2 g/mol. The zero-order valence-electron chi connectivity index (χ0n) is 4.61. The van der Waals surface area contributed by atoms with Crippen molar-refractivity contribution in [3.63, 3.8) is 0 Å². The molecule has 0 aliphatic carbocycles. The molecule has 0 aromatic heterocycles. The van der Waals surface area contributed by atoms with Gasteiger partial charge in [0.15, 0.2) is 0 Å². The van der Waals surface area contributed by atoms with Gasteiger partial charge in [0.25, 0.3) is 0 Å². The van der Waals surface area contributed by atoms with Crippen LogP contribution in [-0.2, 0) is 0 Å². The Morgan fingerprint density at radius 3 is 2.71 bits per heavy atom. The molecule has 0 aromatic carbocycles. The fourth-order valence-corrected chi connectivity index (χ4v) is 0.329. The number of nitrogens with one attached hydrogen (secondary N) is 1. The van der Waals surface area contributed by atoms with Gasteiger partial charge in [0.1, 0.15) is 0 Å². The van der Waals surface area contributed by atoms with E-state index in [0.29, 0.717) is 0 Å². The van der Waals surface area contributed by atoms with E-state index in [1.54, 1.807) is 6.20 Å². The lowest BCUT2D eigenvalue weighted by Gasteiger charge is -1.93. The minimum Gasteiger partial charge on any atom is -0.391 e. The molecule has 1 N–H and O–H groups in total. The van der Waals surface area contributed by atoms with E-state index in [1.165, 1.54) is 0 Å². The monoisotopic (exact) mass is 98.1 g/mol. The third-order valence-electron chi connectivity index (χ3n) is 0.715. The Balaban J connectivity index is 2.56. The molecule has 1 heteroatoms. The molecule has 7 heavy (non-hydrogen) atoms. The van der Waals surface area contributed by atoms with Crippen LogP contribution >= 0.6 is 0 Å². The molecule has 0 heterocycles. The standard InChI is InChI=1S/C6H12N/c1-3-5-6-7-4-2/h4,7H,1-3,5-6H2. The van der Waals surface area contributed by atoms with Crippen molar-refractivity contribution in [3.8, 4) is 0 Å². The topological polar surface area (TPSA) is 12.0 Å². The maximum atomic E-state index is 3.68. The van der Waals surface area contributed by atoms with Crippen molar-refractivity contribution in [2.45, 2.75) is 12.8 Å². The van der Waals surface area contributed by atoms with E-state index in [2.05, 4.69) is 18.8 Å². The van der Waals surface area contributed by atoms with E-state index in [1.807, 2.05) is 0 Å². The van der Waals surface area contributed by atoms with Crippen molar-refractivity contribution in [2.75, 3.05) is 6.54 Å². The van der Waals surface area contributed by atoms with E-state index in [9.17, 15) is 0 Å². The maximum absolute atomic E-state index is 3.68. The van der Waals surface area contributed by atoms with Crippen molar-refractivity contribution in [3.05, 3.63) is 19.7 Å². The average Bonchev–Trinajstić information content (AvgIpc) is 1.69. The van der Waals surface area contributed by atoms with Crippen molar-refractivity contribution < 1.29 is 0 Å². The maximum Gasteiger partial charge on any atom is 0.0141 e. The van der Waals surface area contributed by atoms with Crippen LogP contribution in [0, 0.1) is 6.92 Å². The van der Waals surface area contributed by atoms with E-state index < -0.39 is 0 Å². The highest BCUT2D eigenvalue weighted by Gasteiger charge is 1.74. The fourth-order valence-electron chi connectivity index (χ4n) is 0.329. The molecule has 41 valence electrons. The van der Waals surface area contributed by atoms with E-state index >= 15 is 0 Å². The van der Waals surface area contributed by atoms with Crippen LogP contribution in [0.5, 0.6) is 0 Å². The molecule has 0 saturated heterocycles. The lowest BCUT2D eigenvalue weighted by molar-refractivity contribution is 0.764. The SMILES string of the molecule is [CH2]CCCNC=C. The minimum absolute atomic E-state index is 1.00. The highest BCUT2D eigenvalue weighted by molar-refractivity contribution is 4.61. The van der Waals surface area contributed by atoms with Gasteiger partial charge in [-0.05, 0) is 12.6 Å². The number of hydrogen-bond donors (Lipinski definition) is 1. The van der Waals surface area contributed by atoms with Gasteiger partial charge in [-0.15, -0.1) is 0 Å². The van der Waals surface area contributed by atoms with E-state index in [4.69, 9.17) is 0 Å². The van der Waals surface area contributed by atoms with Gasteiger partial charge in [0.05, 0.1) is 0 Å². The van der Waals surface area contributed by atoms with E-state index in [0.717, 1.165) is 19.4 Å². The van der Waals surface area contributed by atoms with Crippen LogP contribution in [0.25, 0.3) is 0 Å². The molecule has 0 amide bonds. The first-order chi connectivity index (χ1) is 3.41. The molecule has 0 spiro atoms. The number of hydrogen-bond acceptors (Lipinski definition) is 1. The van der Waals surface area contributed by atoms with Crippen molar-refractivity contribution in [2.24, 2.45) is 0 Å². The van der Waals surface area contributed by atoms with Crippen LogP contribution in [0.2, 0.25) is 0 Å². The molecule has 1 nitrogen and oxygen atoms in total. The highest BCUT2D eigenvalue weighted by Crippen LogP contribution is 1.79. The van der Waals surface area contributed by atoms with Crippen LogP contribution in [0.15, 0.2) is 12.8 Å². The zero-order chi connectivity index (χ0) is 5.54. The van der Waals surface area contributed by atoms with E-state index in [-0.39, 0.29) is 0 Å². The van der Waals surface area contributed by atoms with Crippen LogP contribution in [0.1, 0.15) is 12.8 Å². The van der Waals surface area contributed by atoms with Gasteiger partial charge in [0.2, 0.25) is 0 Å². The Labute approximate surface area is 45.4 Å². The summed E-state index contributed by atoms with van der Waals surface area (Å²) in [5, 5.41) is 2.97. The summed E-state index contributed by atoms with van der Waals surface area (Å²) >= 11 is 0. The third-order valence-corrected chi connectivity index (χ3v) is 0.715. The summed E-state index contributed by atoms with van der Waals surface area (Å²) < 4.78 is 0. The summed E-state index contributed by atoms with van der Waals surface area (Å²) in [6.45, 7) is 8.19. The van der Waals surface area contributed by atoms with Gasteiger partial charge >= 0.3 is 0 Å². The second kappa shape index (κ2) is 5.54. The van der Waals surface area contributed by atoms with Crippen LogP contribution in [0.3, 0.4) is 0 Å². The molecule has 0 rings (SSSR count). The van der Waals surface area contributed by atoms with Gasteiger partial charge < -0.3 is 5.32 Å². The predicted octanol–water partition coefficient (Wildman–Crippen LogP) is 1.33.